The summed E-state index contributed by atoms with van der Waals surface area (Å²) in [6.07, 6.45) is 1.27. The van der Waals surface area contributed by atoms with Crippen LogP contribution < -0.4 is 11.1 Å². The Morgan fingerprint density at radius 2 is 2.00 bits per heavy atom. The van der Waals surface area contributed by atoms with Crippen molar-refractivity contribution in [3.8, 4) is 0 Å². The summed E-state index contributed by atoms with van der Waals surface area (Å²) in [5.41, 5.74) is 6.28. The van der Waals surface area contributed by atoms with Gasteiger partial charge in [0.05, 0.1) is 0 Å². The Hall–Kier alpha value is -1.35. The molecule has 0 atom stereocenters. The lowest BCUT2D eigenvalue weighted by Crippen LogP contribution is -2.18. The fraction of sp³-hybridized carbons (Fsp3) is 0.364. The molecule has 1 amide bonds. The second-order valence-corrected chi connectivity index (χ2v) is 3.23. The highest BCUT2D eigenvalue weighted by molar-refractivity contribution is 5.73. The number of nitrogens with two attached hydrogens (primary N) is 1. The Morgan fingerprint density at radius 3 is 2.64 bits per heavy atom. The van der Waals surface area contributed by atoms with E-state index in [0.717, 1.165) is 19.5 Å². The van der Waals surface area contributed by atoms with Crippen molar-refractivity contribution in [2.75, 3.05) is 6.54 Å². The van der Waals surface area contributed by atoms with Crippen LogP contribution in [0.25, 0.3) is 0 Å². The molecule has 0 aliphatic carbocycles. The van der Waals surface area contributed by atoms with E-state index >= 15 is 0 Å². The van der Waals surface area contributed by atoms with Gasteiger partial charge in [-0.25, -0.2) is 0 Å². The van der Waals surface area contributed by atoms with Crippen LogP contribution in [0.2, 0.25) is 0 Å². The number of nitrogens with one attached hydrogen (secondary N) is 1. The maximum atomic E-state index is 10.4. The van der Waals surface area contributed by atoms with Gasteiger partial charge in [0.15, 0.2) is 0 Å². The van der Waals surface area contributed by atoms with Gasteiger partial charge in [0.25, 0.3) is 0 Å². The van der Waals surface area contributed by atoms with Gasteiger partial charge in [0, 0.05) is 13.0 Å². The smallest absolute Gasteiger partial charge is 0.217 e. The summed E-state index contributed by atoms with van der Waals surface area (Å²) < 4.78 is 0. The molecule has 0 aromatic heterocycles. The van der Waals surface area contributed by atoms with Gasteiger partial charge in [-0.3, -0.25) is 4.79 Å². The Labute approximate surface area is 84.3 Å². The van der Waals surface area contributed by atoms with Crippen LogP contribution >= 0.6 is 0 Å². The van der Waals surface area contributed by atoms with Gasteiger partial charge < -0.3 is 11.1 Å². The predicted octanol–water partition coefficient (Wildman–Crippen LogP) is 1.04. The minimum Gasteiger partial charge on any atom is -0.370 e. The summed E-state index contributed by atoms with van der Waals surface area (Å²) in [6, 6.07) is 10.2. The quantitative estimate of drug-likeness (QED) is 0.662. The molecular weight excluding hydrogens is 176 g/mol. The van der Waals surface area contributed by atoms with E-state index in [9.17, 15) is 4.79 Å². The standard InChI is InChI=1S/C11H16N2O/c12-11(14)7-4-8-13-9-10-5-2-1-3-6-10/h1-3,5-6,13H,4,7-9H2,(H2,12,14). The first kappa shape index (κ1) is 10.7. The number of rotatable bonds is 6. The summed E-state index contributed by atoms with van der Waals surface area (Å²) in [4.78, 5) is 10.4. The number of amides is 1. The van der Waals surface area contributed by atoms with Gasteiger partial charge in [-0.2, -0.15) is 0 Å². The van der Waals surface area contributed by atoms with Crippen molar-refractivity contribution in [3.63, 3.8) is 0 Å². The molecule has 1 aromatic rings. The van der Waals surface area contributed by atoms with E-state index in [4.69, 9.17) is 5.73 Å². The van der Waals surface area contributed by atoms with E-state index in [-0.39, 0.29) is 5.91 Å². The lowest BCUT2D eigenvalue weighted by atomic mass is 10.2. The second-order valence-electron chi connectivity index (χ2n) is 3.23. The number of hydrogen-bond donors (Lipinski definition) is 2. The average molecular weight is 192 g/mol. The van der Waals surface area contributed by atoms with E-state index in [1.165, 1.54) is 5.56 Å². The van der Waals surface area contributed by atoms with Crippen molar-refractivity contribution in [2.24, 2.45) is 5.73 Å². The van der Waals surface area contributed by atoms with Gasteiger partial charge in [-0.15, -0.1) is 0 Å². The number of carbonyl (C=O) groups is 1. The zero-order valence-corrected chi connectivity index (χ0v) is 8.20. The summed E-state index contributed by atoms with van der Waals surface area (Å²) >= 11 is 0. The Balaban J connectivity index is 2.08. The molecule has 1 aromatic carbocycles. The van der Waals surface area contributed by atoms with E-state index in [1.54, 1.807) is 0 Å². The number of carbonyl (C=O) groups excluding carboxylic acids is 1. The van der Waals surface area contributed by atoms with Crippen LogP contribution in [0.4, 0.5) is 0 Å². The van der Waals surface area contributed by atoms with Gasteiger partial charge in [-0.05, 0) is 18.5 Å². The number of hydrogen-bond acceptors (Lipinski definition) is 2. The molecule has 0 aliphatic rings. The maximum Gasteiger partial charge on any atom is 0.217 e. The largest absolute Gasteiger partial charge is 0.370 e. The Morgan fingerprint density at radius 1 is 1.29 bits per heavy atom. The SMILES string of the molecule is NC(=O)CCCNCc1ccccc1. The molecule has 0 fully saturated rings. The highest BCUT2D eigenvalue weighted by Crippen LogP contribution is 1.97. The van der Waals surface area contributed by atoms with Gasteiger partial charge in [-0.1, -0.05) is 30.3 Å². The summed E-state index contributed by atoms with van der Waals surface area (Å²) in [5, 5.41) is 3.25. The van der Waals surface area contributed by atoms with Gasteiger partial charge in [0.2, 0.25) is 5.91 Å². The topological polar surface area (TPSA) is 55.1 Å². The first-order chi connectivity index (χ1) is 6.79. The normalized spacial score (nSPS) is 10.0. The predicted molar refractivity (Wildman–Crippen MR) is 56.6 cm³/mol. The van der Waals surface area contributed by atoms with Gasteiger partial charge >= 0.3 is 0 Å². The lowest BCUT2D eigenvalue weighted by molar-refractivity contribution is -0.118. The van der Waals surface area contributed by atoms with Crippen molar-refractivity contribution in [2.45, 2.75) is 19.4 Å². The maximum absolute atomic E-state index is 10.4. The molecule has 0 radical (unpaired) electrons. The monoisotopic (exact) mass is 192 g/mol. The molecule has 3 heteroatoms. The molecule has 0 bridgehead atoms. The highest BCUT2D eigenvalue weighted by atomic mass is 16.1. The Kier molecular flexibility index (Phi) is 4.72. The summed E-state index contributed by atoms with van der Waals surface area (Å²) in [5.74, 6) is -0.230. The molecule has 0 saturated heterocycles. The fourth-order valence-electron chi connectivity index (χ4n) is 1.22. The molecule has 0 heterocycles. The average Bonchev–Trinajstić information content (AvgIpc) is 2.18. The first-order valence-electron chi connectivity index (χ1n) is 4.82. The molecule has 1 rings (SSSR count). The van der Waals surface area contributed by atoms with Crippen molar-refractivity contribution >= 4 is 5.91 Å². The first-order valence-corrected chi connectivity index (χ1v) is 4.82. The van der Waals surface area contributed by atoms with Crippen molar-refractivity contribution in [1.82, 2.24) is 5.32 Å². The molecule has 14 heavy (non-hydrogen) atoms. The van der Waals surface area contributed by atoms with Crippen LogP contribution in [-0.4, -0.2) is 12.5 Å². The molecule has 0 spiro atoms. The second kappa shape index (κ2) is 6.16. The van der Waals surface area contributed by atoms with E-state index < -0.39 is 0 Å². The van der Waals surface area contributed by atoms with Crippen LogP contribution in [0.15, 0.2) is 30.3 Å². The van der Waals surface area contributed by atoms with Crippen LogP contribution in [-0.2, 0) is 11.3 Å². The highest BCUT2D eigenvalue weighted by Gasteiger charge is 1.94. The van der Waals surface area contributed by atoms with E-state index in [2.05, 4.69) is 17.4 Å². The third kappa shape index (κ3) is 4.62. The van der Waals surface area contributed by atoms with Crippen molar-refractivity contribution in [1.29, 1.82) is 0 Å². The third-order valence-electron chi connectivity index (χ3n) is 1.95. The van der Waals surface area contributed by atoms with E-state index in [0.29, 0.717) is 6.42 Å². The fourth-order valence-corrected chi connectivity index (χ4v) is 1.22. The molecule has 0 aliphatic heterocycles. The zero-order valence-electron chi connectivity index (χ0n) is 8.20. The van der Waals surface area contributed by atoms with Crippen LogP contribution in [0.5, 0.6) is 0 Å². The van der Waals surface area contributed by atoms with E-state index in [1.807, 2.05) is 18.2 Å². The minimum absolute atomic E-state index is 0.230. The van der Waals surface area contributed by atoms with Crippen molar-refractivity contribution < 1.29 is 4.79 Å². The van der Waals surface area contributed by atoms with Crippen LogP contribution in [0.3, 0.4) is 0 Å². The van der Waals surface area contributed by atoms with Crippen molar-refractivity contribution in [3.05, 3.63) is 35.9 Å². The molecule has 76 valence electrons. The third-order valence-corrected chi connectivity index (χ3v) is 1.95. The van der Waals surface area contributed by atoms with Crippen LogP contribution in [0.1, 0.15) is 18.4 Å². The minimum atomic E-state index is -0.230. The molecule has 0 saturated carbocycles. The molecular formula is C11H16N2O. The molecule has 3 N–H and O–H groups in total. The molecule has 3 nitrogen and oxygen atoms in total. The number of benzene rings is 1. The summed E-state index contributed by atoms with van der Waals surface area (Å²) in [7, 11) is 0. The lowest BCUT2D eigenvalue weighted by Gasteiger charge is -2.03. The van der Waals surface area contributed by atoms with Gasteiger partial charge in [0.1, 0.15) is 0 Å². The zero-order chi connectivity index (χ0) is 10.2. The Bertz CT molecular complexity index is 272. The number of primary amides is 1. The molecule has 0 unspecified atom stereocenters. The van der Waals surface area contributed by atoms with Crippen LogP contribution in [0, 0.1) is 0 Å². The summed E-state index contributed by atoms with van der Waals surface area (Å²) in [6.45, 7) is 1.68.